The first-order valence-electron chi connectivity index (χ1n) is 7.75. The maximum Gasteiger partial charge on any atom is 0.223 e. The molecule has 4 heteroatoms. The van der Waals surface area contributed by atoms with Gasteiger partial charge in [0.05, 0.1) is 6.04 Å². The summed E-state index contributed by atoms with van der Waals surface area (Å²) in [4.78, 5) is 14.3. The lowest BCUT2D eigenvalue weighted by Crippen LogP contribution is -2.38. The Morgan fingerprint density at radius 2 is 1.95 bits per heavy atom. The highest BCUT2D eigenvalue weighted by molar-refractivity contribution is 6.30. The summed E-state index contributed by atoms with van der Waals surface area (Å²) in [5.41, 5.74) is 7.25. The number of carbonyl (C=O) groups is 1. The number of amides is 1. The van der Waals surface area contributed by atoms with Crippen LogP contribution >= 0.6 is 11.6 Å². The second-order valence-electron chi connectivity index (χ2n) is 6.14. The van der Waals surface area contributed by atoms with Crippen LogP contribution in [-0.4, -0.2) is 23.9 Å². The molecule has 3 unspecified atom stereocenters. The lowest BCUT2D eigenvalue weighted by Gasteiger charge is -2.31. The van der Waals surface area contributed by atoms with E-state index in [0.717, 1.165) is 18.4 Å². The third kappa shape index (κ3) is 4.21. The predicted octanol–water partition coefficient (Wildman–Crippen LogP) is 3.77. The van der Waals surface area contributed by atoms with E-state index < -0.39 is 0 Å². The number of nitrogens with zero attached hydrogens (tertiary/aromatic N) is 1. The van der Waals surface area contributed by atoms with E-state index in [1.165, 1.54) is 12.8 Å². The first kappa shape index (κ1) is 16.3. The Morgan fingerprint density at radius 3 is 2.57 bits per heavy atom. The summed E-state index contributed by atoms with van der Waals surface area (Å²) < 4.78 is 0. The normalized spacial score (nSPS) is 23.6. The summed E-state index contributed by atoms with van der Waals surface area (Å²) in [6.45, 7) is 2.04. The molecule has 2 rings (SSSR count). The van der Waals surface area contributed by atoms with Crippen molar-refractivity contribution < 1.29 is 4.79 Å². The summed E-state index contributed by atoms with van der Waals surface area (Å²) in [5, 5.41) is 0.716. The highest BCUT2D eigenvalue weighted by Crippen LogP contribution is 2.28. The third-order valence-electron chi connectivity index (χ3n) is 4.73. The van der Waals surface area contributed by atoms with Crippen molar-refractivity contribution in [2.45, 2.75) is 51.1 Å². The molecular formula is C17H25ClN2O. The number of rotatable bonds is 4. The van der Waals surface area contributed by atoms with Gasteiger partial charge in [-0.25, -0.2) is 0 Å². The number of hydrogen-bond acceptors (Lipinski definition) is 2. The molecule has 3 atom stereocenters. The number of carbonyl (C=O) groups excluding carboxylic acids is 1. The van der Waals surface area contributed by atoms with Crippen LogP contribution in [-0.2, 0) is 4.79 Å². The fraction of sp³-hybridized carbons (Fsp3) is 0.588. The van der Waals surface area contributed by atoms with Gasteiger partial charge in [-0.2, -0.15) is 0 Å². The molecule has 1 saturated carbocycles. The van der Waals surface area contributed by atoms with Gasteiger partial charge in [0.25, 0.3) is 0 Å². The fourth-order valence-electron chi connectivity index (χ4n) is 3.04. The molecule has 3 nitrogen and oxygen atoms in total. The summed E-state index contributed by atoms with van der Waals surface area (Å²) in [5.74, 6) is 0.519. The zero-order chi connectivity index (χ0) is 15.4. The van der Waals surface area contributed by atoms with Gasteiger partial charge in [0.1, 0.15) is 0 Å². The predicted molar refractivity (Wildman–Crippen MR) is 87.2 cm³/mol. The first-order chi connectivity index (χ1) is 9.99. The summed E-state index contributed by atoms with van der Waals surface area (Å²) in [6, 6.07) is 7.91. The van der Waals surface area contributed by atoms with Gasteiger partial charge in [0.15, 0.2) is 0 Å². The van der Waals surface area contributed by atoms with E-state index in [9.17, 15) is 4.79 Å². The van der Waals surface area contributed by atoms with Crippen LogP contribution in [0.4, 0.5) is 0 Å². The van der Waals surface area contributed by atoms with Crippen molar-refractivity contribution in [1.29, 1.82) is 0 Å². The molecule has 0 bridgehead atoms. The van der Waals surface area contributed by atoms with Gasteiger partial charge in [0.2, 0.25) is 5.91 Å². The monoisotopic (exact) mass is 308 g/mol. The van der Waals surface area contributed by atoms with Gasteiger partial charge in [-0.05, 0) is 43.4 Å². The molecule has 0 spiro atoms. The Hall–Kier alpha value is -1.06. The van der Waals surface area contributed by atoms with Crippen molar-refractivity contribution in [2.24, 2.45) is 11.7 Å². The second kappa shape index (κ2) is 7.28. The van der Waals surface area contributed by atoms with Crippen LogP contribution in [0.2, 0.25) is 5.02 Å². The second-order valence-corrected chi connectivity index (χ2v) is 6.58. The number of hydrogen-bond donors (Lipinski definition) is 1. The largest absolute Gasteiger partial charge is 0.339 e. The maximum atomic E-state index is 12.5. The van der Waals surface area contributed by atoms with E-state index in [1.807, 2.05) is 43.1 Å². The zero-order valence-electron chi connectivity index (χ0n) is 12.9. The minimum Gasteiger partial charge on any atom is -0.339 e. The smallest absolute Gasteiger partial charge is 0.223 e. The van der Waals surface area contributed by atoms with E-state index in [0.29, 0.717) is 17.4 Å². The standard InChI is InChI=1S/C17H25ClN2O/c1-12(13-7-9-15(18)10-8-13)20(2)17(21)11-14-5-3-4-6-16(14)19/h7-10,12,14,16H,3-6,11,19H2,1-2H3. The molecule has 116 valence electrons. The van der Waals surface area contributed by atoms with Crippen LogP contribution in [0.5, 0.6) is 0 Å². The van der Waals surface area contributed by atoms with Crippen LogP contribution in [0.25, 0.3) is 0 Å². The van der Waals surface area contributed by atoms with E-state index in [-0.39, 0.29) is 18.0 Å². The molecule has 2 N–H and O–H groups in total. The zero-order valence-corrected chi connectivity index (χ0v) is 13.6. The Labute approximate surface area is 132 Å². The minimum absolute atomic E-state index is 0.0505. The minimum atomic E-state index is 0.0505. The fourth-order valence-corrected chi connectivity index (χ4v) is 3.16. The number of benzene rings is 1. The van der Waals surface area contributed by atoms with Crippen LogP contribution in [0.3, 0.4) is 0 Å². The van der Waals surface area contributed by atoms with Gasteiger partial charge in [-0.15, -0.1) is 0 Å². The molecule has 0 aliphatic heterocycles. The van der Waals surface area contributed by atoms with Crippen LogP contribution in [0, 0.1) is 5.92 Å². The quantitative estimate of drug-likeness (QED) is 0.920. The third-order valence-corrected chi connectivity index (χ3v) is 4.98. The summed E-state index contributed by atoms with van der Waals surface area (Å²) in [7, 11) is 1.87. The molecule has 0 saturated heterocycles. The Morgan fingerprint density at radius 1 is 1.33 bits per heavy atom. The van der Waals surface area contributed by atoms with E-state index in [2.05, 4.69) is 0 Å². The van der Waals surface area contributed by atoms with Crippen molar-refractivity contribution in [3.8, 4) is 0 Å². The molecule has 0 aromatic heterocycles. The van der Waals surface area contributed by atoms with Crippen LogP contribution in [0.15, 0.2) is 24.3 Å². The van der Waals surface area contributed by atoms with E-state index >= 15 is 0 Å². The first-order valence-corrected chi connectivity index (χ1v) is 8.13. The highest BCUT2D eigenvalue weighted by Gasteiger charge is 2.27. The lowest BCUT2D eigenvalue weighted by molar-refractivity contribution is -0.133. The Kier molecular flexibility index (Phi) is 5.65. The topological polar surface area (TPSA) is 46.3 Å². The lowest BCUT2D eigenvalue weighted by atomic mass is 9.82. The molecule has 0 heterocycles. The van der Waals surface area contributed by atoms with Gasteiger partial charge in [-0.3, -0.25) is 4.79 Å². The number of halogens is 1. The van der Waals surface area contributed by atoms with Crippen molar-refractivity contribution >= 4 is 17.5 Å². The van der Waals surface area contributed by atoms with E-state index in [1.54, 1.807) is 0 Å². The van der Waals surface area contributed by atoms with Crippen LogP contribution < -0.4 is 5.73 Å². The summed E-state index contributed by atoms with van der Waals surface area (Å²) in [6.07, 6.45) is 5.09. The molecule has 1 aliphatic rings. The Bertz CT molecular complexity index is 474. The van der Waals surface area contributed by atoms with Gasteiger partial charge < -0.3 is 10.6 Å². The van der Waals surface area contributed by atoms with Crippen molar-refractivity contribution in [3.63, 3.8) is 0 Å². The van der Waals surface area contributed by atoms with Crippen molar-refractivity contribution in [2.75, 3.05) is 7.05 Å². The van der Waals surface area contributed by atoms with Gasteiger partial charge in [0, 0.05) is 24.5 Å². The Balaban J connectivity index is 1.96. The average Bonchev–Trinajstić information content (AvgIpc) is 2.49. The molecule has 1 fully saturated rings. The molecule has 0 radical (unpaired) electrons. The number of nitrogens with two attached hydrogens (primary N) is 1. The molecule has 1 amide bonds. The van der Waals surface area contributed by atoms with Crippen molar-refractivity contribution in [1.82, 2.24) is 4.90 Å². The van der Waals surface area contributed by atoms with Gasteiger partial charge in [-0.1, -0.05) is 36.6 Å². The molecule has 1 aliphatic carbocycles. The molecule has 21 heavy (non-hydrogen) atoms. The molecule has 1 aromatic carbocycles. The van der Waals surface area contributed by atoms with Gasteiger partial charge >= 0.3 is 0 Å². The summed E-state index contributed by atoms with van der Waals surface area (Å²) >= 11 is 5.91. The maximum absolute atomic E-state index is 12.5. The van der Waals surface area contributed by atoms with Crippen LogP contribution in [0.1, 0.15) is 50.6 Å². The molecule has 1 aromatic rings. The average molecular weight is 309 g/mol. The highest BCUT2D eigenvalue weighted by atomic mass is 35.5. The van der Waals surface area contributed by atoms with Crippen molar-refractivity contribution in [3.05, 3.63) is 34.9 Å². The van der Waals surface area contributed by atoms with E-state index in [4.69, 9.17) is 17.3 Å². The SMILES string of the molecule is CC(c1ccc(Cl)cc1)N(C)C(=O)CC1CCCCC1N. The molecular weight excluding hydrogens is 284 g/mol.